The third-order valence-corrected chi connectivity index (χ3v) is 4.07. The van der Waals surface area contributed by atoms with Crippen LogP contribution in [-0.2, 0) is 19.1 Å². The maximum atomic E-state index is 12.4. The number of methoxy groups -OCH3 is 1. The number of hydrogen-bond acceptors (Lipinski definition) is 4. The first-order valence-corrected chi connectivity index (χ1v) is 7.61. The number of carbonyl (C=O) groups excluding carboxylic acids is 2. The summed E-state index contributed by atoms with van der Waals surface area (Å²) >= 11 is 0. The SMILES string of the molecule is CC[C@H]1C=C[C@@H](OC(=O)[C@@H](OC)c2ccccc2)[C@@H](C=O)C1. The zero-order valence-electron chi connectivity index (χ0n) is 13.0. The van der Waals surface area contributed by atoms with Crippen LogP contribution in [0.2, 0.25) is 0 Å². The fourth-order valence-corrected chi connectivity index (χ4v) is 2.73. The van der Waals surface area contributed by atoms with E-state index >= 15 is 0 Å². The van der Waals surface area contributed by atoms with Crippen LogP contribution in [0.4, 0.5) is 0 Å². The van der Waals surface area contributed by atoms with Gasteiger partial charge in [-0.2, -0.15) is 0 Å². The molecule has 4 nitrogen and oxygen atoms in total. The molecular formula is C18H22O4. The van der Waals surface area contributed by atoms with Crippen molar-refractivity contribution in [3.63, 3.8) is 0 Å². The molecule has 22 heavy (non-hydrogen) atoms. The average molecular weight is 302 g/mol. The van der Waals surface area contributed by atoms with Crippen molar-refractivity contribution in [1.29, 1.82) is 0 Å². The molecular weight excluding hydrogens is 280 g/mol. The van der Waals surface area contributed by atoms with Gasteiger partial charge in [-0.05, 0) is 30.4 Å². The zero-order chi connectivity index (χ0) is 15.9. The Balaban J connectivity index is 2.08. The Bertz CT molecular complexity index is 523. The van der Waals surface area contributed by atoms with Crippen molar-refractivity contribution >= 4 is 12.3 Å². The van der Waals surface area contributed by atoms with Crippen molar-refractivity contribution in [3.8, 4) is 0 Å². The Hall–Kier alpha value is -1.94. The monoisotopic (exact) mass is 302 g/mol. The van der Waals surface area contributed by atoms with Gasteiger partial charge in [0, 0.05) is 7.11 Å². The van der Waals surface area contributed by atoms with Crippen molar-refractivity contribution in [2.75, 3.05) is 7.11 Å². The van der Waals surface area contributed by atoms with E-state index in [4.69, 9.17) is 9.47 Å². The summed E-state index contributed by atoms with van der Waals surface area (Å²) in [6.45, 7) is 2.08. The normalized spacial score (nSPS) is 25.5. The third kappa shape index (κ3) is 3.83. The van der Waals surface area contributed by atoms with Crippen molar-refractivity contribution in [2.45, 2.75) is 32.0 Å². The molecule has 0 radical (unpaired) electrons. The van der Waals surface area contributed by atoms with Gasteiger partial charge in [-0.1, -0.05) is 43.3 Å². The molecule has 4 heteroatoms. The summed E-state index contributed by atoms with van der Waals surface area (Å²) < 4.78 is 10.8. The van der Waals surface area contributed by atoms with Gasteiger partial charge in [-0.15, -0.1) is 0 Å². The van der Waals surface area contributed by atoms with Crippen molar-refractivity contribution in [2.24, 2.45) is 11.8 Å². The maximum absolute atomic E-state index is 12.4. The second-order valence-electron chi connectivity index (χ2n) is 5.52. The summed E-state index contributed by atoms with van der Waals surface area (Å²) in [6.07, 6.45) is 5.16. The Morgan fingerprint density at radius 1 is 1.32 bits per heavy atom. The van der Waals surface area contributed by atoms with E-state index in [9.17, 15) is 9.59 Å². The minimum Gasteiger partial charge on any atom is -0.455 e. The molecule has 0 N–H and O–H groups in total. The number of esters is 1. The van der Waals surface area contributed by atoms with Gasteiger partial charge in [0.1, 0.15) is 12.4 Å². The van der Waals surface area contributed by atoms with E-state index in [2.05, 4.69) is 6.92 Å². The molecule has 0 bridgehead atoms. The molecule has 1 aliphatic rings. The first kappa shape index (κ1) is 16.4. The van der Waals surface area contributed by atoms with E-state index in [0.717, 1.165) is 24.7 Å². The maximum Gasteiger partial charge on any atom is 0.340 e. The molecule has 0 spiro atoms. The van der Waals surface area contributed by atoms with E-state index in [1.807, 2.05) is 42.5 Å². The van der Waals surface area contributed by atoms with Gasteiger partial charge in [-0.3, -0.25) is 0 Å². The van der Waals surface area contributed by atoms with Crippen molar-refractivity contribution < 1.29 is 19.1 Å². The van der Waals surface area contributed by atoms with Crippen LogP contribution in [0.15, 0.2) is 42.5 Å². The van der Waals surface area contributed by atoms with Crippen LogP contribution in [-0.4, -0.2) is 25.5 Å². The molecule has 0 aromatic heterocycles. The fourth-order valence-electron chi connectivity index (χ4n) is 2.73. The van der Waals surface area contributed by atoms with E-state index in [1.165, 1.54) is 7.11 Å². The number of carbonyl (C=O) groups is 2. The van der Waals surface area contributed by atoms with Gasteiger partial charge in [0.25, 0.3) is 0 Å². The molecule has 4 atom stereocenters. The first-order valence-electron chi connectivity index (χ1n) is 7.61. The van der Waals surface area contributed by atoms with Crippen LogP contribution in [0.5, 0.6) is 0 Å². The second-order valence-corrected chi connectivity index (χ2v) is 5.52. The number of allylic oxidation sites excluding steroid dienone is 1. The summed E-state index contributed by atoms with van der Waals surface area (Å²) in [4.78, 5) is 23.6. The summed E-state index contributed by atoms with van der Waals surface area (Å²) in [7, 11) is 1.47. The molecule has 118 valence electrons. The summed E-state index contributed by atoms with van der Waals surface area (Å²) in [5.74, 6) is -0.380. The van der Waals surface area contributed by atoms with Crippen molar-refractivity contribution in [1.82, 2.24) is 0 Å². The molecule has 0 fully saturated rings. The third-order valence-electron chi connectivity index (χ3n) is 4.07. The molecule has 1 aromatic carbocycles. The number of rotatable bonds is 6. The van der Waals surface area contributed by atoms with Crippen LogP contribution in [0, 0.1) is 11.8 Å². The Kier molecular flexibility index (Phi) is 5.90. The van der Waals surface area contributed by atoms with Gasteiger partial charge in [0.05, 0.1) is 5.92 Å². The smallest absolute Gasteiger partial charge is 0.340 e. The lowest BCUT2D eigenvalue weighted by atomic mass is 9.84. The molecule has 0 amide bonds. The number of benzene rings is 1. The van der Waals surface area contributed by atoms with Crippen LogP contribution < -0.4 is 0 Å². The molecule has 0 saturated heterocycles. The van der Waals surface area contributed by atoms with Gasteiger partial charge < -0.3 is 14.3 Å². The lowest BCUT2D eigenvalue weighted by Crippen LogP contribution is -2.33. The molecule has 0 unspecified atom stereocenters. The van der Waals surface area contributed by atoms with E-state index < -0.39 is 18.2 Å². The largest absolute Gasteiger partial charge is 0.455 e. The van der Waals surface area contributed by atoms with E-state index in [0.29, 0.717) is 5.92 Å². The first-order chi connectivity index (χ1) is 10.7. The molecule has 0 saturated carbocycles. The average Bonchev–Trinajstić information content (AvgIpc) is 2.57. The van der Waals surface area contributed by atoms with Gasteiger partial charge >= 0.3 is 5.97 Å². The summed E-state index contributed by atoms with van der Waals surface area (Å²) in [5, 5.41) is 0. The van der Waals surface area contributed by atoms with E-state index in [-0.39, 0.29) is 5.92 Å². The number of hydrogen-bond donors (Lipinski definition) is 0. The predicted octanol–water partition coefficient (Wildman–Crippen LogP) is 3.09. The highest BCUT2D eigenvalue weighted by atomic mass is 16.6. The van der Waals surface area contributed by atoms with Gasteiger partial charge in [-0.25, -0.2) is 4.79 Å². The van der Waals surface area contributed by atoms with Crippen LogP contribution in [0.25, 0.3) is 0 Å². The highest BCUT2D eigenvalue weighted by Crippen LogP contribution is 2.28. The molecule has 0 aliphatic heterocycles. The topological polar surface area (TPSA) is 52.6 Å². The molecule has 1 aliphatic carbocycles. The van der Waals surface area contributed by atoms with Crippen LogP contribution in [0.3, 0.4) is 0 Å². The number of aldehydes is 1. The quantitative estimate of drug-likeness (QED) is 0.460. The minimum absolute atomic E-state index is 0.285. The van der Waals surface area contributed by atoms with E-state index in [1.54, 1.807) is 0 Å². The summed E-state index contributed by atoms with van der Waals surface area (Å²) in [5.41, 5.74) is 0.740. The van der Waals surface area contributed by atoms with Gasteiger partial charge in [0.2, 0.25) is 0 Å². The Morgan fingerprint density at radius 3 is 2.64 bits per heavy atom. The van der Waals surface area contributed by atoms with Crippen LogP contribution in [0.1, 0.15) is 31.4 Å². The standard InChI is InChI=1S/C18H22O4/c1-3-13-9-10-16(15(11-13)12-19)22-18(20)17(21-2)14-7-5-4-6-8-14/h4-10,12-13,15-17H,3,11H2,1-2H3/t13-,15+,16+,17-/m0/s1. The number of ether oxygens (including phenoxy) is 2. The zero-order valence-corrected chi connectivity index (χ0v) is 13.0. The Labute approximate surface area is 131 Å². The predicted molar refractivity (Wildman–Crippen MR) is 83.2 cm³/mol. The fraction of sp³-hybridized carbons (Fsp3) is 0.444. The van der Waals surface area contributed by atoms with Crippen LogP contribution >= 0.6 is 0 Å². The van der Waals surface area contributed by atoms with Crippen molar-refractivity contribution in [3.05, 3.63) is 48.0 Å². The highest BCUT2D eigenvalue weighted by molar-refractivity contribution is 5.77. The molecule has 1 aromatic rings. The second kappa shape index (κ2) is 7.90. The highest BCUT2D eigenvalue weighted by Gasteiger charge is 2.31. The molecule has 2 rings (SSSR count). The molecule has 0 heterocycles. The lowest BCUT2D eigenvalue weighted by Gasteiger charge is -2.28. The minimum atomic E-state index is -0.772. The summed E-state index contributed by atoms with van der Waals surface area (Å²) in [6, 6.07) is 9.19. The van der Waals surface area contributed by atoms with Gasteiger partial charge in [0.15, 0.2) is 6.10 Å². The lowest BCUT2D eigenvalue weighted by molar-refractivity contribution is -0.162. The Morgan fingerprint density at radius 2 is 2.05 bits per heavy atom.